The van der Waals surface area contributed by atoms with Gasteiger partial charge in [0.05, 0.1) is 0 Å². The molecule has 0 saturated heterocycles. The van der Waals surface area contributed by atoms with E-state index in [9.17, 15) is 4.79 Å². The molecule has 0 spiro atoms. The molecule has 0 aromatic carbocycles. The van der Waals surface area contributed by atoms with Gasteiger partial charge in [-0.3, -0.25) is 4.79 Å². The van der Waals surface area contributed by atoms with Crippen LogP contribution >= 0.6 is 0 Å². The van der Waals surface area contributed by atoms with Crippen LogP contribution in [0.15, 0.2) is 12.2 Å². The van der Waals surface area contributed by atoms with E-state index in [0.717, 1.165) is 25.2 Å². The number of ketones is 1. The van der Waals surface area contributed by atoms with Crippen LogP contribution in [0.3, 0.4) is 0 Å². The Balaban J connectivity index is 2.26. The van der Waals surface area contributed by atoms with E-state index in [1.807, 2.05) is 0 Å². The molecule has 0 aromatic heterocycles. The van der Waals surface area contributed by atoms with Crippen molar-refractivity contribution in [2.75, 3.05) is 0 Å². The topological polar surface area (TPSA) is 17.1 Å². The largest absolute Gasteiger partial charge is 0.299 e. The molecule has 0 N–H and O–H groups in total. The first-order chi connectivity index (χ1) is 7.11. The fourth-order valence-corrected chi connectivity index (χ4v) is 3.73. The molecule has 0 unspecified atom stereocenters. The first kappa shape index (κ1) is 10.9. The molecule has 0 bridgehead atoms. The van der Waals surface area contributed by atoms with Crippen molar-refractivity contribution >= 4 is 5.78 Å². The minimum atomic E-state index is 0.365. The maximum absolute atomic E-state index is 12.0. The van der Waals surface area contributed by atoms with Crippen molar-refractivity contribution in [3.63, 3.8) is 0 Å². The van der Waals surface area contributed by atoms with Gasteiger partial charge in [-0.25, -0.2) is 0 Å². The maximum atomic E-state index is 12.0. The fraction of sp³-hybridized carbons (Fsp3) is 0.786. The highest BCUT2D eigenvalue weighted by Crippen LogP contribution is 2.47. The summed E-state index contributed by atoms with van der Waals surface area (Å²) in [6.45, 7) is 8.59. The van der Waals surface area contributed by atoms with Gasteiger partial charge in [0, 0.05) is 12.3 Å². The summed E-state index contributed by atoms with van der Waals surface area (Å²) in [7, 11) is 0. The lowest BCUT2D eigenvalue weighted by Crippen LogP contribution is -2.26. The molecule has 2 fully saturated rings. The zero-order valence-corrected chi connectivity index (χ0v) is 9.96. The summed E-state index contributed by atoms with van der Waals surface area (Å²) in [4.78, 5) is 12.0. The number of Topliss-reactive ketones (excluding diaryl/α,β-unsaturated/α-hetero) is 1. The molecule has 0 radical (unpaired) electrons. The monoisotopic (exact) mass is 206 g/mol. The summed E-state index contributed by atoms with van der Waals surface area (Å²) < 4.78 is 0. The molecule has 2 aliphatic rings. The van der Waals surface area contributed by atoms with Gasteiger partial charge in [0.25, 0.3) is 0 Å². The zero-order chi connectivity index (χ0) is 11.0. The number of rotatable bonds is 1. The maximum Gasteiger partial charge on any atom is 0.136 e. The van der Waals surface area contributed by atoms with Crippen molar-refractivity contribution < 1.29 is 4.79 Å². The molecule has 1 nitrogen and oxygen atoms in total. The van der Waals surface area contributed by atoms with Gasteiger partial charge in [0.1, 0.15) is 5.78 Å². The van der Waals surface area contributed by atoms with Gasteiger partial charge in [-0.1, -0.05) is 19.1 Å². The molecule has 2 rings (SSSR count). The molecule has 2 aliphatic carbocycles. The number of hydrogen-bond acceptors (Lipinski definition) is 1. The summed E-state index contributed by atoms with van der Waals surface area (Å²) in [5.41, 5.74) is 1.30. The van der Waals surface area contributed by atoms with Crippen molar-refractivity contribution in [2.45, 2.75) is 46.0 Å². The van der Waals surface area contributed by atoms with Crippen molar-refractivity contribution in [1.29, 1.82) is 0 Å². The second-order valence-corrected chi connectivity index (χ2v) is 5.55. The number of allylic oxidation sites excluding steroid dienone is 1. The van der Waals surface area contributed by atoms with Gasteiger partial charge in [-0.15, -0.1) is 0 Å². The van der Waals surface area contributed by atoms with Crippen molar-refractivity contribution in [3.05, 3.63) is 12.2 Å². The lowest BCUT2D eigenvalue weighted by atomic mass is 9.75. The summed E-state index contributed by atoms with van der Waals surface area (Å²) in [6.07, 6.45) is 5.46. The Morgan fingerprint density at radius 3 is 2.73 bits per heavy atom. The Morgan fingerprint density at radius 2 is 2.07 bits per heavy atom. The number of hydrogen-bond donors (Lipinski definition) is 0. The van der Waals surface area contributed by atoms with Crippen LogP contribution in [0.1, 0.15) is 46.0 Å². The predicted molar refractivity (Wildman–Crippen MR) is 62.5 cm³/mol. The van der Waals surface area contributed by atoms with Crippen LogP contribution in [0.5, 0.6) is 0 Å². The average Bonchev–Trinajstić information content (AvgIpc) is 2.45. The van der Waals surface area contributed by atoms with E-state index in [-0.39, 0.29) is 0 Å². The molecular weight excluding hydrogens is 184 g/mol. The van der Waals surface area contributed by atoms with Crippen molar-refractivity contribution in [1.82, 2.24) is 0 Å². The highest BCUT2D eigenvalue weighted by atomic mass is 16.1. The second kappa shape index (κ2) is 4.11. The quantitative estimate of drug-likeness (QED) is 0.599. The van der Waals surface area contributed by atoms with Gasteiger partial charge in [0.2, 0.25) is 0 Å². The average molecular weight is 206 g/mol. The van der Waals surface area contributed by atoms with E-state index in [4.69, 9.17) is 0 Å². The molecule has 0 heterocycles. The van der Waals surface area contributed by atoms with E-state index in [1.165, 1.54) is 18.4 Å². The van der Waals surface area contributed by atoms with E-state index < -0.39 is 0 Å². The number of carbonyl (C=O) groups excluding carboxylic acids is 1. The van der Waals surface area contributed by atoms with Gasteiger partial charge in [0.15, 0.2) is 0 Å². The molecule has 84 valence electrons. The molecule has 2 saturated carbocycles. The molecular formula is C14H22O. The number of fused-ring (bicyclic) bond motifs is 1. The minimum absolute atomic E-state index is 0.365. The van der Waals surface area contributed by atoms with Gasteiger partial charge < -0.3 is 0 Å². The fourth-order valence-electron chi connectivity index (χ4n) is 3.73. The molecule has 0 amide bonds. The lowest BCUT2D eigenvalue weighted by Gasteiger charge is -2.29. The Morgan fingerprint density at radius 1 is 1.33 bits per heavy atom. The second-order valence-electron chi connectivity index (χ2n) is 5.55. The first-order valence-electron chi connectivity index (χ1n) is 6.29. The van der Waals surface area contributed by atoms with Crippen LogP contribution in [0.25, 0.3) is 0 Å². The van der Waals surface area contributed by atoms with E-state index in [0.29, 0.717) is 23.5 Å². The summed E-state index contributed by atoms with van der Waals surface area (Å²) in [5, 5.41) is 0. The van der Waals surface area contributed by atoms with Crippen molar-refractivity contribution in [3.8, 4) is 0 Å². The Hall–Kier alpha value is -0.590. The van der Waals surface area contributed by atoms with Crippen LogP contribution in [-0.4, -0.2) is 5.78 Å². The Kier molecular flexibility index (Phi) is 2.99. The van der Waals surface area contributed by atoms with Crippen LogP contribution in [0.4, 0.5) is 0 Å². The summed E-state index contributed by atoms with van der Waals surface area (Å²) in [5.74, 6) is 2.84. The van der Waals surface area contributed by atoms with Gasteiger partial charge >= 0.3 is 0 Å². The first-order valence-corrected chi connectivity index (χ1v) is 6.29. The number of carbonyl (C=O) groups is 1. The van der Waals surface area contributed by atoms with E-state index >= 15 is 0 Å². The predicted octanol–water partition coefficient (Wildman–Crippen LogP) is 3.59. The summed E-state index contributed by atoms with van der Waals surface area (Å²) in [6, 6.07) is 0. The Labute approximate surface area is 92.9 Å². The molecule has 4 atom stereocenters. The Bertz CT molecular complexity index is 279. The molecule has 0 aliphatic heterocycles. The minimum Gasteiger partial charge on any atom is -0.299 e. The van der Waals surface area contributed by atoms with Gasteiger partial charge in [-0.2, -0.15) is 0 Å². The molecule has 1 heteroatoms. The summed E-state index contributed by atoms with van der Waals surface area (Å²) >= 11 is 0. The standard InChI is InChI=1S/C14H22O/c1-9(2)11-5-4-6-13(15)12-8-7-10(3)14(11)12/h10-12,14H,1,4-8H2,2-3H3/t10-,11+,12-,14-/m1/s1. The third kappa shape index (κ3) is 1.89. The van der Waals surface area contributed by atoms with E-state index in [2.05, 4.69) is 20.4 Å². The van der Waals surface area contributed by atoms with Crippen LogP contribution in [0, 0.1) is 23.7 Å². The highest BCUT2D eigenvalue weighted by Gasteiger charge is 2.43. The third-order valence-corrected chi connectivity index (χ3v) is 4.50. The smallest absolute Gasteiger partial charge is 0.136 e. The van der Waals surface area contributed by atoms with Crippen LogP contribution in [0.2, 0.25) is 0 Å². The third-order valence-electron chi connectivity index (χ3n) is 4.50. The van der Waals surface area contributed by atoms with Crippen LogP contribution < -0.4 is 0 Å². The zero-order valence-electron chi connectivity index (χ0n) is 9.96. The van der Waals surface area contributed by atoms with E-state index in [1.54, 1.807) is 0 Å². The van der Waals surface area contributed by atoms with Crippen LogP contribution in [-0.2, 0) is 4.79 Å². The lowest BCUT2D eigenvalue weighted by molar-refractivity contribution is -0.123. The normalized spacial score (nSPS) is 41.1. The highest BCUT2D eigenvalue weighted by molar-refractivity contribution is 5.82. The molecule has 0 aromatic rings. The van der Waals surface area contributed by atoms with Gasteiger partial charge in [-0.05, 0) is 50.4 Å². The SMILES string of the molecule is C=C(C)[C@@H]1CCCC(=O)[C@H]2CC[C@@H](C)[C@@H]21. The molecule has 15 heavy (non-hydrogen) atoms. The van der Waals surface area contributed by atoms with Crippen molar-refractivity contribution in [2.24, 2.45) is 23.7 Å².